The fraction of sp³-hybridized carbons (Fsp3) is 0.529. The number of amides is 2. The fourth-order valence-corrected chi connectivity index (χ4v) is 3.24. The molecular weight excluding hydrogens is 546 g/mol. The molecule has 1 saturated heterocycles. The van der Waals surface area contributed by atoms with Crippen molar-refractivity contribution in [2.75, 3.05) is 25.0 Å². The number of carbonyl (C=O) groups excluding carboxylic acids is 2. The zero-order valence-corrected chi connectivity index (χ0v) is 20.4. The predicted molar refractivity (Wildman–Crippen MR) is 115 cm³/mol. The Morgan fingerprint density at radius 1 is 1.12 bits per heavy atom. The number of carbonyl (C=O) groups is 2. The van der Waals surface area contributed by atoms with Crippen LogP contribution in [0.1, 0.15) is 20.8 Å². The van der Waals surface area contributed by atoms with Crippen molar-refractivity contribution in [1.82, 2.24) is 4.90 Å². The molecule has 16 heteroatoms. The lowest BCUT2D eigenvalue weighted by Gasteiger charge is -2.41. The highest BCUT2D eigenvalue weighted by Crippen LogP contribution is 3.02. The highest BCUT2D eigenvalue weighted by atomic mass is 35.6. The van der Waals surface area contributed by atoms with Gasteiger partial charge in [0.15, 0.2) is 0 Å². The fourth-order valence-electron chi connectivity index (χ4n) is 2.41. The normalized spacial score (nSPS) is 17.4. The first-order chi connectivity index (χ1) is 14.5. The summed E-state index contributed by atoms with van der Waals surface area (Å²) >= 11 is 16.3. The number of benzene rings is 1. The van der Waals surface area contributed by atoms with Crippen molar-refractivity contribution in [2.24, 2.45) is 0 Å². The number of nitrogens with one attached hydrogen (secondary N) is 1. The summed E-state index contributed by atoms with van der Waals surface area (Å²) in [7, 11) is -10.1. The van der Waals surface area contributed by atoms with Crippen molar-refractivity contribution in [1.29, 1.82) is 0 Å². The molecule has 0 unspecified atom stereocenters. The summed E-state index contributed by atoms with van der Waals surface area (Å²) < 4.78 is 79.3. The van der Waals surface area contributed by atoms with Crippen LogP contribution in [-0.4, -0.2) is 52.3 Å². The maximum Gasteiger partial charge on any atom is 0.411 e. The van der Waals surface area contributed by atoms with Crippen LogP contribution < -0.4 is 10.1 Å². The number of alkyl halides is 3. The Bertz CT molecular complexity index is 933. The van der Waals surface area contributed by atoms with Crippen LogP contribution in [0.4, 0.5) is 34.7 Å². The third kappa shape index (κ3) is 8.95. The third-order valence-electron chi connectivity index (χ3n) is 3.79. The lowest BCUT2D eigenvalue weighted by atomic mass is 10.1. The van der Waals surface area contributed by atoms with Gasteiger partial charge < -0.3 is 19.1 Å². The van der Waals surface area contributed by atoms with Gasteiger partial charge in [-0.3, -0.25) is 5.32 Å². The topological polar surface area (TPSA) is 77.1 Å². The van der Waals surface area contributed by atoms with Gasteiger partial charge in [0.1, 0.15) is 29.0 Å². The summed E-state index contributed by atoms with van der Waals surface area (Å²) in [6.07, 6.45) is -2.72. The van der Waals surface area contributed by atoms with Gasteiger partial charge in [0.05, 0.1) is 18.8 Å². The first kappa shape index (κ1) is 27.7. The van der Waals surface area contributed by atoms with Crippen molar-refractivity contribution in [3.63, 3.8) is 0 Å². The molecule has 0 saturated carbocycles. The standard InChI is InChI=1S/C17H20Cl3F5N2O5S/c1-16(2,3)32-15(29)27-7-10(8-27)31-13-5-4-11(33(21,22,23,24)25)6-12(13)26-14(28)30-9-17(18,19)20/h4-6,10H,7-9H2,1-3H3,(H,26,28). The van der Waals surface area contributed by atoms with E-state index in [-0.39, 0.29) is 31.0 Å². The van der Waals surface area contributed by atoms with Crippen LogP contribution in [0.3, 0.4) is 0 Å². The largest absolute Gasteiger partial charge is 0.485 e. The number of rotatable bonds is 5. The molecule has 7 nitrogen and oxygen atoms in total. The monoisotopic (exact) mass is 564 g/mol. The Hall–Kier alpha value is -1.57. The van der Waals surface area contributed by atoms with Gasteiger partial charge in [-0.2, -0.15) is 0 Å². The average molecular weight is 566 g/mol. The van der Waals surface area contributed by atoms with E-state index in [9.17, 15) is 29.0 Å². The minimum absolute atomic E-state index is 0.00930. The van der Waals surface area contributed by atoms with E-state index in [1.807, 2.05) is 5.32 Å². The van der Waals surface area contributed by atoms with Crippen LogP contribution in [0, 0.1) is 0 Å². The molecule has 1 aromatic carbocycles. The van der Waals surface area contributed by atoms with E-state index in [0.29, 0.717) is 6.07 Å². The zero-order chi connectivity index (χ0) is 25.5. The summed E-state index contributed by atoms with van der Waals surface area (Å²) in [6.45, 7) is 4.25. The van der Waals surface area contributed by atoms with Crippen molar-refractivity contribution in [3.05, 3.63) is 18.2 Å². The number of hydrogen-bond donors (Lipinski definition) is 1. The number of nitrogens with zero attached hydrogens (tertiary/aromatic N) is 1. The van der Waals surface area contributed by atoms with Gasteiger partial charge in [-0.15, -0.1) is 0 Å². The van der Waals surface area contributed by atoms with Crippen LogP contribution in [0.2, 0.25) is 0 Å². The molecule has 0 bridgehead atoms. The third-order valence-corrected chi connectivity index (χ3v) is 5.27. The molecule has 0 radical (unpaired) electrons. The molecular formula is C17H20Cl3F5N2O5S. The molecule has 2 amide bonds. The first-order valence-corrected chi connectivity index (χ1v) is 12.1. The molecule has 0 spiro atoms. The SMILES string of the molecule is CC(C)(C)OC(=O)N1CC(Oc2ccc(S(F)(F)(F)(F)F)cc2NC(=O)OCC(Cl)(Cl)Cl)C1. The minimum Gasteiger partial charge on any atom is -0.485 e. The molecule has 33 heavy (non-hydrogen) atoms. The van der Waals surface area contributed by atoms with E-state index in [4.69, 9.17) is 44.3 Å². The number of halogens is 8. The van der Waals surface area contributed by atoms with Crippen LogP contribution in [0.25, 0.3) is 0 Å². The molecule has 190 valence electrons. The molecule has 2 rings (SSSR count). The molecule has 1 heterocycles. The minimum atomic E-state index is -10.1. The Kier molecular flexibility index (Phi) is 6.94. The van der Waals surface area contributed by atoms with Crippen molar-refractivity contribution in [3.8, 4) is 5.75 Å². The molecule has 0 aliphatic carbocycles. The summed E-state index contributed by atoms with van der Waals surface area (Å²) in [5.74, 6) is -0.375. The zero-order valence-electron chi connectivity index (χ0n) is 17.4. The molecule has 1 fully saturated rings. The van der Waals surface area contributed by atoms with Gasteiger partial charge >= 0.3 is 22.4 Å². The highest BCUT2D eigenvalue weighted by Gasteiger charge is 2.65. The second-order valence-corrected chi connectivity index (χ2v) is 13.0. The molecule has 0 atom stereocenters. The molecule has 1 aliphatic heterocycles. The highest BCUT2D eigenvalue weighted by molar-refractivity contribution is 8.45. The van der Waals surface area contributed by atoms with Crippen LogP contribution in [0.15, 0.2) is 23.1 Å². The molecule has 0 aromatic heterocycles. The Morgan fingerprint density at radius 2 is 1.70 bits per heavy atom. The maximum absolute atomic E-state index is 13.2. The molecule has 1 aliphatic rings. The van der Waals surface area contributed by atoms with E-state index in [2.05, 4.69) is 4.74 Å². The summed E-state index contributed by atoms with van der Waals surface area (Å²) in [5.41, 5.74) is -1.50. The van der Waals surface area contributed by atoms with Crippen LogP contribution in [-0.2, 0) is 9.47 Å². The second kappa shape index (κ2) is 8.28. The smallest absolute Gasteiger partial charge is 0.411 e. The van der Waals surface area contributed by atoms with Gasteiger partial charge in [-0.1, -0.05) is 54.2 Å². The van der Waals surface area contributed by atoms with Gasteiger partial charge in [0.25, 0.3) is 0 Å². The van der Waals surface area contributed by atoms with Crippen molar-refractivity contribution in [2.45, 2.75) is 41.2 Å². The van der Waals surface area contributed by atoms with Crippen molar-refractivity contribution < 1.29 is 43.2 Å². The summed E-state index contributed by atoms with van der Waals surface area (Å²) in [4.78, 5) is 22.9. The summed E-state index contributed by atoms with van der Waals surface area (Å²) in [6, 6.07) is 0.755. The number of ether oxygens (including phenoxy) is 3. The van der Waals surface area contributed by atoms with Crippen molar-refractivity contribution >= 4 is 62.9 Å². The van der Waals surface area contributed by atoms with Gasteiger partial charge in [-0.25, -0.2) is 9.59 Å². The Labute approximate surface area is 201 Å². The van der Waals surface area contributed by atoms with Gasteiger partial charge in [0, 0.05) is 0 Å². The van der Waals surface area contributed by atoms with E-state index < -0.39 is 55.1 Å². The van der Waals surface area contributed by atoms with Gasteiger partial charge in [0.2, 0.25) is 3.79 Å². The molecule has 1 N–H and O–H groups in total. The van der Waals surface area contributed by atoms with E-state index in [1.54, 1.807) is 20.8 Å². The lowest BCUT2D eigenvalue weighted by Crippen LogP contribution is -2.57. The van der Waals surface area contributed by atoms with Crippen LogP contribution in [0.5, 0.6) is 5.75 Å². The number of anilines is 1. The number of likely N-dealkylation sites (tertiary alicyclic amines) is 1. The number of hydrogen-bond acceptors (Lipinski definition) is 5. The predicted octanol–water partition coefficient (Wildman–Crippen LogP) is 7.26. The van der Waals surface area contributed by atoms with Gasteiger partial charge in [-0.05, 0) is 39.0 Å². The van der Waals surface area contributed by atoms with Crippen LogP contribution >= 0.6 is 45.0 Å². The first-order valence-electron chi connectivity index (χ1n) is 9.06. The van der Waals surface area contributed by atoms with E-state index in [1.165, 1.54) is 4.90 Å². The maximum atomic E-state index is 13.2. The Morgan fingerprint density at radius 3 is 2.18 bits per heavy atom. The Balaban J connectivity index is 2.19. The quantitative estimate of drug-likeness (QED) is 0.300. The lowest BCUT2D eigenvalue weighted by molar-refractivity contribution is -0.0219. The molecule has 1 aromatic rings. The van der Waals surface area contributed by atoms with E-state index in [0.717, 1.165) is 0 Å². The average Bonchev–Trinajstić information content (AvgIpc) is 2.52. The second-order valence-electron chi connectivity index (χ2n) is 8.07. The van der Waals surface area contributed by atoms with E-state index >= 15 is 0 Å². The summed E-state index contributed by atoms with van der Waals surface area (Å²) in [5, 5.41) is 1.87.